The molecule has 1 heterocycles. The van der Waals surface area contributed by atoms with Crippen molar-refractivity contribution >= 4 is 29.0 Å². The molecule has 106 valence electrons. The van der Waals surface area contributed by atoms with Crippen molar-refractivity contribution in [3.05, 3.63) is 58.3 Å². The summed E-state index contributed by atoms with van der Waals surface area (Å²) in [5, 5.41) is 7.53. The molecule has 0 atom stereocenters. The van der Waals surface area contributed by atoms with E-state index in [0.717, 1.165) is 0 Å². The molecular weight excluding hydrogens is 312 g/mol. The van der Waals surface area contributed by atoms with Crippen molar-refractivity contribution in [1.29, 1.82) is 0 Å². The minimum absolute atomic E-state index is 0.200. The van der Waals surface area contributed by atoms with Crippen molar-refractivity contribution in [2.24, 2.45) is 0 Å². The molecule has 0 aliphatic carbocycles. The number of benzene rings is 2. The molecule has 3 aromatic rings. The van der Waals surface area contributed by atoms with E-state index in [0.29, 0.717) is 32.4 Å². The molecule has 0 unspecified atom stereocenters. The van der Waals surface area contributed by atoms with Crippen molar-refractivity contribution in [3.63, 3.8) is 0 Å². The molecular formula is C15H10Cl2FN3. The van der Waals surface area contributed by atoms with Gasteiger partial charge in [-0.25, -0.2) is 4.39 Å². The summed E-state index contributed by atoms with van der Waals surface area (Å²) in [6.07, 6.45) is 0. The fourth-order valence-corrected chi connectivity index (χ4v) is 2.58. The van der Waals surface area contributed by atoms with Crippen molar-refractivity contribution < 1.29 is 4.39 Å². The number of anilines is 1. The highest BCUT2D eigenvalue weighted by Gasteiger charge is 2.19. The molecule has 0 saturated carbocycles. The van der Waals surface area contributed by atoms with E-state index in [2.05, 4.69) is 10.2 Å². The van der Waals surface area contributed by atoms with Gasteiger partial charge < -0.3 is 5.73 Å². The van der Waals surface area contributed by atoms with Crippen LogP contribution < -0.4 is 5.73 Å². The lowest BCUT2D eigenvalue weighted by Gasteiger charge is -2.08. The first-order valence-corrected chi connectivity index (χ1v) is 6.88. The average Bonchev–Trinajstić information content (AvgIpc) is 2.84. The van der Waals surface area contributed by atoms with Crippen LogP contribution in [0.25, 0.3) is 22.4 Å². The highest BCUT2D eigenvalue weighted by atomic mass is 35.5. The van der Waals surface area contributed by atoms with Crippen LogP contribution >= 0.6 is 23.2 Å². The summed E-state index contributed by atoms with van der Waals surface area (Å²) < 4.78 is 14.1. The minimum Gasteiger partial charge on any atom is -0.382 e. The number of rotatable bonds is 2. The Kier molecular flexibility index (Phi) is 3.57. The van der Waals surface area contributed by atoms with Crippen LogP contribution in [0.2, 0.25) is 10.0 Å². The van der Waals surface area contributed by atoms with Crippen LogP contribution in [0.4, 0.5) is 10.2 Å². The van der Waals surface area contributed by atoms with Gasteiger partial charge in [-0.2, -0.15) is 5.10 Å². The lowest BCUT2D eigenvalue weighted by molar-refractivity contribution is 0.631. The number of hydrogen-bond donors (Lipinski definition) is 2. The van der Waals surface area contributed by atoms with Crippen LogP contribution in [0.5, 0.6) is 0 Å². The summed E-state index contributed by atoms with van der Waals surface area (Å²) in [7, 11) is 0. The number of H-pyrrole nitrogens is 1. The minimum atomic E-state index is -0.384. The molecule has 0 bridgehead atoms. The molecule has 21 heavy (non-hydrogen) atoms. The first-order chi connectivity index (χ1) is 10.1. The molecule has 3 N–H and O–H groups in total. The van der Waals surface area contributed by atoms with Gasteiger partial charge in [-0.15, -0.1) is 0 Å². The Hall–Kier alpha value is -2.04. The standard InChI is InChI=1S/C15H10Cl2FN3/c16-10-6-3-5-9(13(10)17)14-12(15(19)21-20-14)8-4-1-2-7-11(8)18/h1-7H,(H3,19,20,21). The maximum absolute atomic E-state index is 14.1. The fraction of sp³-hybridized carbons (Fsp3) is 0. The van der Waals surface area contributed by atoms with Crippen molar-refractivity contribution in [2.75, 3.05) is 5.73 Å². The molecule has 6 heteroatoms. The Morgan fingerprint density at radius 3 is 2.48 bits per heavy atom. The zero-order chi connectivity index (χ0) is 15.0. The Morgan fingerprint density at radius 2 is 1.71 bits per heavy atom. The van der Waals surface area contributed by atoms with Crippen molar-refractivity contribution in [3.8, 4) is 22.4 Å². The van der Waals surface area contributed by atoms with E-state index in [1.165, 1.54) is 6.07 Å². The predicted molar refractivity (Wildman–Crippen MR) is 83.9 cm³/mol. The Bertz CT molecular complexity index is 814. The van der Waals surface area contributed by atoms with Gasteiger partial charge in [-0.3, -0.25) is 5.10 Å². The number of hydrogen-bond acceptors (Lipinski definition) is 2. The van der Waals surface area contributed by atoms with Crippen LogP contribution in [-0.2, 0) is 0 Å². The van der Waals surface area contributed by atoms with E-state index in [1.54, 1.807) is 36.4 Å². The second-order valence-corrected chi connectivity index (χ2v) is 5.23. The number of nitrogens with zero attached hydrogens (tertiary/aromatic N) is 1. The summed E-state index contributed by atoms with van der Waals surface area (Å²) in [6.45, 7) is 0. The third-order valence-corrected chi connectivity index (χ3v) is 3.98. The van der Waals surface area contributed by atoms with Crippen LogP contribution in [0.3, 0.4) is 0 Å². The first kappa shape index (κ1) is 13.9. The summed E-state index contributed by atoms with van der Waals surface area (Å²) in [5.74, 6) is -0.184. The number of nitrogen functional groups attached to an aromatic ring is 1. The highest BCUT2D eigenvalue weighted by Crippen LogP contribution is 2.40. The van der Waals surface area contributed by atoms with Crippen LogP contribution in [0.1, 0.15) is 0 Å². The molecule has 0 aliphatic rings. The molecule has 2 aromatic carbocycles. The van der Waals surface area contributed by atoms with Crippen LogP contribution in [0, 0.1) is 5.82 Å². The van der Waals surface area contributed by atoms with E-state index >= 15 is 0 Å². The number of aromatic amines is 1. The summed E-state index contributed by atoms with van der Waals surface area (Å²) in [5.41, 5.74) is 7.86. The smallest absolute Gasteiger partial charge is 0.153 e. The van der Waals surface area contributed by atoms with Gasteiger partial charge in [0.05, 0.1) is 21.3 Å². The van der Waals surface area contributed by atoms with Gasteiger partial charge in [0.2, 0.25) is 0 Å². The molecule has 0 radical (unpaired) electrons. The van der Waals surface area contributed by atoms with Gasteiger partial charge in [0.1, 0.15) is 5.82 Å². The van der Waals surface area contributed by atoms with E-state index in [4.69, 9.17) is 28.9 Å². The van der Waals surface area contributed by atoms with E-state index < -0.39 is 0 Å². The normalized spacial score (nSPS) is 10.8. The third-order valence-electron chi connectivity index (χ3n) is 3.16. The lowest BCUT2D eigenvalue weighted by Crippen LogP contribution is -1.91. The highest BCUT2D eigenvalue weighted by molar-refractivity contribution is 6.43. The van der Waals surface area contributed by atoms with Gasteiger partial charge in [0.25, 0.3) is 0 Å². The zero-order valence-corrected chi connectivity index (χ0v) is 12.2. The molecule has 3 rings (SSSR count). The Labute approximate surface area is 130 Å². The van der Waals surface area contributed by atoms with Crippen LogP contribution in [0.15, 0.2) is 42.5 Å². The Morgan fingerprint density at radius 1 is 1.00 bits per heavy atom. The number of nitrogens with one attached hydrogen (secondary N) is 1. The lowest BCUT2D eigenvalue weighted by atomic mass is 10.0. The van der Waals surface area contributed by atoms with Crippen LogP contribution in [-0.4, -0.2) is 10.2 Å². The maximum atomic E-state index is 14.1. The third kappa shape index (κ3) is 2.37. The van der Waals surface area contributed by atoms with Gasteiger partial charge in [-0.05, 0) is 12.1 Å². The zero-order valence-electron chi connectivity index (χ0n) is 10.7. The van der Waals surface area contributed by atoms with Gasteiger partial charge in [-0.1, -0.05) is 53.5 Å². The SMILES string of the molecule is Nc1n[nH]c(-c2cccc(Cl)c2Cl)c1-c1ccccc1F. The van der Waals surface area contributed by atoms with E-state index in [-0.39, 0.29) is 11.6 Å². The summed E-state index contributed by atoms with van der Waals surface area (Å²) in [6, 6.07) is 11.5. The molecule has 0 spiro atoms. The molecule has 0 saturated heterocycles. The predicted octanol–water partition coefficient (Wildman–Crippen LogP) is 4.77. The van der Waals surface area contributed by atoms with Crippen molar-refractivity contribution in [1.82, 2.24) is 10.2 Å². The Balaban J connectivity index is 2.28. The van der Waals surface area contributed by atoms with Gasteiger partial charge >= 0.3 is 0 Å². The quantitative estimate of drug-likeness (QED) is 0.714. The monoisotopic (exact) mass is 321 g/mol. The summed E-state index contributed by atoms with van der Waals surface area (Å²) >= 11 is 12.3. The second-order valence-electron chi connectivity index (χ2n) is 4.44. The topological polar surface area (TPSA) is 54.7 Å². The van der Waals surface area contributed by atoms with E-state index in [1.807, 2.05) is 0 Å². The molecule has 3 nitrogen and oxygen atoms in total. The second kappa shape index (κ2) is 5.39. The van der Waals surface area contributed by atoms with E-state index in [9.17, 15) is 4.39 Å². The number of nitrogens with two attached hydrogens (primary N) is 1. The van der Waals surface area contributed by atoms with Gasteiger partial charge in [0.15, 0.2) is 5.82 Å². The number of aromatic nitrogens is 2. The number of halogens is 3. The largest absolute Gasteiger partial charge is 0.382 e. The first-order valence-electron chi connectivity index (χ1n) is 6.12. The molecule has 0 fully saturated rings. The summed E-state index contributed by atoms with van der Waals surface area (Å²) in [4.78, 5) is 0. The molecule has 1 aromatic heterocycles. The average molecular weight is 322 g/mol. The molecule has 0 amide bonds. The van der Waals surface area contributed by atoms with Crippen molar-refractivity contribution in [2.45, 2.75) is 0 Å². The van der Waals surface area contributed by atoms with Gasteiger partial charge in [0, 0.05) is 11.1 Å². The molecule has 0 aliphatic heterocycles. The maximum Gasteiger partial charge on any atom is 0.153 e. The fourth-order valence-electron chi connectivity index (χ4n) is 2.18.